The highest BCUT2D eigenvalue weighted by molar-refractivity contribution is 5.96. The molecular formula is C16H18N4O3. The van der Waals surface area contributed by atoms with Gasteiger partial charge in [0, 0.05) is 16.8 Å². The molecule has 1 aliphatic heterocycles. The first-order valence-corrected chi connectivity index (χ1v) is 7.17. The van der Waals surface area contributed by atoms with Crippen LogP contribution in [0.15, 0.2) is 35.8 Å². The number of methoxy groups -OCH3 is 2. The number of nitrogens with zero attached hydrogens (tertiary/aromatic N) is 3. The van der Waals surface area contributed by atoms with E-state index in [0.29, 0.717) is 23.0 Å². The Morgan fingerprint density at radius 1 is 1.30 bits per heavy atom. The lowest BCUT2D eigenvalue weighted by Gasteiger charge is -2.29. The molecule has 1 aromatic heterocycles. The van der Waals surface area contributed by atoms with Gasteiger partial charge in [-0.1, -0.05) is 0 Å². The molecule has 2 heterocycles. The fourth-order valence-corrected chi connectivity index (χ4v) is 2.89. The van der Waals surface area contributed by atoms with E-state index in [9.17, 15) is 4.79 Å². The van der Waals surface area contributed by atoms with Gasteiger partial charge in [-0.15, -0.1) is 0 Å². The average Bonchev–Trinajstić information content (AvgIpc) is 3.00. The molecular weight excluding hydrogens is 296 g/mol. The molecule has 120 valence electrons. The fraction of sp³-hybridized carbons (Fsp3) is 0.312. The Morgan fingerprint density at radius 2 is 2.09 bits per heavy atom. The van der Waals surface area contributed by atoms with Crippen molar-refractivity contribution in [1.29, 1.82) is 0 Å². The van der Waals surface area contributed by atoms with Gasteiger partial charge in [-0.3, -0.25) is 4.79 Å². The molecule has 7 heteroatoms. The molecule has 1 aromatic carbocycles. The molecule has 0 fully saturated rings. The molecule has 0 spiro atoms. The number of Topliss-reactive ketones (excluding diaryl/α,β-unsaturated/α-hetero) is 1. The number of aromatic nitrogens is 3. The maximum atomic E-state index is 12.2. The normalized spacial score (nSPS) is 16.6. The van der Waals surface area contributed by atoms with Crippen LogP contribution >= 0.6 is 0 Å². The summed E-state index contributed by atoms with van der Waals surface area (Å²) in [6.07, 6.45) is 1.46. The minimum absolute atomic E-state index is 0.0361. The standard InChI is InChI=1S/C16H18N4O3/c1-9-14(10(2)21)15(20-16(19-9)17-8-18-20)12-7-11(22-3)5-6-13(12)23-4/h5-8,15H,1-4H3,(H,17,18,19)/t15-/m0/s1. The van der Waals surface area contributed by atoms with Crippen LogP contribution in [-0.4, -0.2) is 34.8 Å². The highest BCUT2D eigenvalue weighted by Crippen LogP contribution is 2.40. The summed E-state index contributed by atoms with van der Waals surface area (Å²) in [6, 6.07) is 5.07. The van der Waals surface area contributed by atoms with Crippen LogP contribution < -0.4 is 14.8 Å². The molecule has 23 heavy (non-hydrogen) atoms. The topological polar surface area (TPSA) is 78.3 Å². The molecule has 3 rings (SSSR count). The molecule has 1 N–H and O–H groups in total. The lowest BCUT2D eigenvalue weighted by molar-refractivity contribution is -0.114. The Kier molecular flexibility index (Phi) is 3.77. The van der Waals surface area contributed by atoms with Crippen LogP contribution in [0.5, 0.6) is 11.5 Å². The number of ether oxygens (including phenoxy) is 2. The van der Waals surface area contributed by atoms with Gasteiger partial charge < -0.3 is 14.8 Å². The number of rotatable bonds is 4. The van der Waals surface area contributed by atoms with Crippen LogP contribution in [0.3, 0.4) is 0 Å². The zero-order chi connectivity index (χ0) is 16.6. The molecule has 2 aromatic rings. The SMILES string of the molecule is COc1ccc(OC)c([C@H]2C(C(C)=O)=C(C)Nc3ncnn32)c1. The molecule has 0 aliphatic carbocycles. The van der Waals surface area contributed by atoms with Crippen molar-refractivity contribution in [1.82, 2.24) is 14.8 Å². The summed E-state index contributed by atoms with van der Waals surface area (Å²) >= 11 is 0. The van der Waals surface area contributed by atoms with Crippen molar-refractivity contribution in [3.05, 3.63) is 41.4 Å². The van der Waals surface area contributed by atoms with Gasteiger partial charge in [0.15, 0.2) is 5.78 Å². The van der Waals surface area contributed by atoms with Gasteiger partial charge in [-0.05, 0) is 32.0 Å². The summed E-state index contributed by atoms with van der Waals surface area (Å²) in [6.45, 7) is 3.40. The number of anilines is 1. The average molecular weight is 314 g/mol. The smallest absolute Gasteiger partial charge is 0.226 e. The number of hydrogen-bond donors (Lipinski definition) is 1. The van der Waals surface area contributed by atoms with E-state index in [1.54, 1.807) is 25.8 Å². The highest BCUT2D eigenvalue weighted by atomic mass is 16.5. The third kappa shape index (κ3) is 2.44. The molecule has 0 saturated carbocycles. The Hall–Kier alpha value is -2.83. The van der Waals surface area contributed by atoms with Crippen molar-refractivity contribution in [2.45, 2.75) is 19.9 Å². The molecule has 7 nitrogen and oxygen atoms in total. The summed E-state index contributed by atoms with van der Waals surface area (Å²) in [5.41, 5.74) is 2.17. The van der Waals surface area contributed by atoms with Gasteiger partial charge in [-0.2, -0.15) is 10.1 Å². The second-order valence-electron chi connectivity index (χ2n) is 5.26. The number of fused-ring (bicyclic) bond motifs is 1. The third-order valence-electron chi connectivity index (χ3n) is 3.91. The first-order valence-electron chi connectivity index (χ1n) is 7.17. The predicted molar refractivity (Wildman–Crippen MR) is 84.7 cm³/mol. The van der Waals surface area contributed by atoms with E-state index >= 15 is 0 Å². The molecule has 0 amide bonds. The largest absolute Gasteiger partial charge is 0.497 e. The number of carbonyl (C=O) groups is 1. The van der Waals surface area contributed by atoms with Crippen molar-refractivity contribution >= 4 is 11.7 Å². The molecule has 1 atom stereocenters. The number of allylic oxidation sites excluding steroid dienone is 2. The second-order valence-corrected chi connectivity index (χ2v) is 5.26. The van der Waals surface area contributed by atoms with E-state index in [0.717, 1.165) is 11.3 Å². The van der Waals surface area contributed by atoms with E-state index in [1.807, 2.05) is 25.1 Å². The van der Waals surface area contributed by atoms with Gasteiger partial charge in [0.2, 0.25) is 5.95 Å². The van der Waals surface area contributed by atoms with E-state index in [4.69, 9.17) is 9.47 Å². The quantitative estimate of drug-likeness (QED) is 0.932. The predicted octanol–water partition coefficient (Wildman–Crippen LogP) is 2.17. The number of hydrogen-bond acceptors (Lipinski definition) is 6. The zero-order valence-corrected chi connectivity index (χ0v) is 13.5. The van der Waals surface area contributed by atoms with E-state index in [2.05, 4.69) is 15.4 Å². The van der Waals surface area contributed by atoms with Crippen LogP contribution in [0.1, 0.15) is 25.5 Å². The Bertz CT molecular complexity index is 794. The lowest BCUT2D eigenvalue weighted by atomic mass is 9.92. The first kappa shape index (κ1) is 15.1. The molecule has 0 bridgehead atoms. The Labute approximate surface area is 133 Å². The molecule has 1 aliphatic rings. The van der Waals surface area contributed by atoms with Crippen LogP contribution in [0.2, 0.25) is 0 Å². The van der Waals surface area contributed by atoms with Gasteiger partial charge in [0.1, 0.15) is 23.9 Å². The van der Waals surface area contributed by atoms with E-state index in [1.165, 1.54) is 6.33 Å². The number of benzene rings is 1. The third-order valence-corrected chi connectivity index (χ3v) is 3.91. The molecule has 0 unspecified atom stereocenters. The van der Waals surface area contributed by atoms with Gasteiger partial charge >= 0.3 is 0 Å². The monoisotopic (exact) mass is 314 g/mol. The Morgan fingerprint density at radius 3 is 2.74 bits per heavy atom. The van der Waals surface area contributed by atoms with Gasteiger partial charge in [0.25, 0.3) is 0 Å². The van der Waals surface area contributed by atoms with Crippen LogP contribution in [-0.2, 0) is 4.79 Å². The number of ketones is 1. The summed E-state index contributed by atoms with van der Waals surface area (Å²) in [5.74, 6) is 1.89. The number of carbonyl (C=O) groups excluding carboxylic acids is 1. The van der Waals surface area contributed by atoms with E-state index in [-0.39, 0.29) is 5.78 Å². The molecule has 0 saturated heterocycles. The minimum Gasteiger partial charge on any atom is -0.497 e. The second kappa shape index (κ2) is 5.75. The maximum Gasteiger partial charge on any atom is 0.226 e. The summed E-state index contributed by atoms with van der Waals surface area (Å²) in [5, 5.41) is 7.39. The lowest BCUT2D eigenvalue weighted by Crippen LogP contribution is -2.28. The van der Waals surface area contributed by atoms with Crippen molar-refractivity contribution < 1.29 is 14.3 Å². The highest BCUT2D eigenvalue weighted by Gasteiger charge is 2.33. The molecule has 0 radical (unpaired) electrons. The van der Waals surface area contributed by atoms with Crippen molar-refractivity contribution in [3.8, 4) is 11.5 Å². The van der Waals surface area contributed by atoms with Crippen molar-refractivity contribution in [2.24, 2.45) is 0 Å². The zero-order valence-electron chi connectivity index (χ0n) is 13.5. The maximum absolute atomic E-state index is 12.2. The first-order chi connectivity index (χ1) is 11.1. The fourth-order valence-electron chi connectivity index (χ4n) is 2.89. The summed E-state index contributed by atoms with van der Waals surface area (Å²) in [7, 11) is 3.19. The summed E-state index contributed by atoms with van der Waals surface area (Å²) in [4.78, 5) is 16.4. The van der Waals surface area contributed by atoms with Gasteiger partial charge in [0.05, 0.1) is 14.2 Å². The Balaban J connectivity index is 2.26. The van der Waals surface area contributed by atoms with Crippen LogP contribution in [0.25, 0.3) is 0 Å². The number of nitrogens with one attached hydrogen (secondary N) is 1. The van der Waals surface area contributed by atoms with Crippen molar-refractivity contribution in [3.63, 3.8) is 0 Å². The minimum atomic E-state index is -0.420. The van der Waals surface area contributed by atoms with Gasteiger partial charge in [-0.25, -0.2) is 4.68 Å². The van der Waals surface area contributed by atoms with Crippen molar-refractivity contribution in [2.75, 3.05) is 19.5 Å². The van der Waals surface area contributed by atoms with Crippen LogP contribution in [0.4, 0.5) is 5.95 Å². The van der Waals surface area contributed by atoms with Crippen LogP contribution in [0, 0.1) is 0 Å². The van der Waals surface area contributed by atoms with E-state index < -0.39 is 6.04 Å². The summed E-state index contributed by atoms with van der Waals surface area (Å²) < 4.78 is 12.5.